The quantitative estimate of drug-likeness (QED) is 0.863. The molecule has 112 valence electrons. The van der Waals surface area contributed by atoms with Gasteiger partial charge in [-0.1, -0.05) is 0 Å². The van der Waals surface area contributed by atoms with E-state index in [-0.39, 0.29) is 23.3 Å². The van der Waals surface area contributed by atoms with Gasteiger partial charge in [0.15, 0.2) is 0 Å². The lowest BCUT2D eigenvalue weighted by molar-refractivity contribution is 0.197. The number of benzene rings is 1. The summed E-state index contributed by atoms with van der Waals surface area (Å²) in [7, 11) is -0.895. The van der Waals surface area contributed by atoms with Crippen molar-refractivity contribution in [1.29, 1.82) is 5.26 Å². The zero-order chi connectivity index (χ0) is 15.4. The van der Waals surface area contributed by atoms with Crippen molar-refractivity contribution < 1.29 is 13.4 Å². The molecule has 1 aliphatic rings. The zero-order valence-electron chi connectivity index (χ0n) is 11.6. The highest BCUT2D eigenvalue weighted by Gasteiger charge is 2.24. The van der Waals surface area contributed by atoms with E-state index in [0.717, 1.165) is 6.07 Å². The van der Waals surface area contributed by atoms with Gasteiger partial charge in [-0.05, 0) is 31.5 Å². The second kappa shape index (κ2) is 6.68. The molecule has 2 rings (SSSR count). The number of nitrogens with zero attached hydrogens (tertiary/aromatic N) is 2. The molecule has 0 bridgehead atoms. The summed E-state index contributed by atoms with van der Waals surface area (Å²) in [5, 5.41) is 11.6. The molecule has 0 spiro atoms. The molecule has 21 heavy (non-hydrogen) atoms. The predicted molar refractivity (Wildman–Crippen MR) is 78.8 cm³/mol. The van der Waals surface area contributed by atoms with E-state index in [0.29, 0.717) is 24.5 Å². The smallest absolute Gasteiger partial charge is 0.321 e. The highest BCUT2D eigenvalue weighted by Crippen LogP contribution is 2.18. The van der Waals surface area contributed by atoms with Crippen molar-refractivity contribution in [3.8, 4) is 6.07 Å². The molecular weight excluding hydrogens is 293 g/mol. The van der Waals surface area contributed by atoms with Crippen LogP contribution in [0.4, 0.5) is 14.9 Å². The molecule has 5 nitrogen and oxygen atoms in total. The van der Waals surface area contributed by atoms with E-state index in [1.165, 1.54) is 12.1 Å². The van der Waals surface area contributed by atoms with Gasteiger partial charge in [0.2, 0.25) is 0 Å². The highest BCUT2D eigenvalue weighted by molar-refractivity contribution is 7.85. The third kappa shape index (κ3) is 3.79. The molecule has 1 aromatic rings. The Labute approximate surface area is 125 Å². The Morgan fingerprint density at radius 3 is 3.00 bits per heavy atom. The summed E-state index contributed by atoms with van der Waals surface area (Å²) in [5.41, 5.74) is 0.357. The number of hydrogen-bond donors (Lipinski definition) is 1. The molecule has 1 saturated heterocycles. The van der Waals surface area contributed by atoms with E-state index in [4.69, 9.17) is 5.26 Å². The van der Waals surface area contributed by atoms with Crippen molar-refractivity contribution in [3.05, 3.63) is 29.6 Å². The molecule has 0 saturated carbocycles. The first kappa shape index (κ1) is 15.4. The van der Waals surface area contributed by atoms with Crippen molar-refractivity contribution in [3.63, 3.8) is 0 Å². The first-order valence-electron chi connectivity index (χ1n) is 6.63. The van der Waals surface area contributed by atoms with Crippen molar-refractivity contribution in [1.82, 2.24) is 4.90 Å². The van der Waals surface area contributed by atoms with Gasteiger partial charge < -0.3 is 10.2 Å². The first-order valence-corrected chi connectivity index (χ1v) is 8.12. The minimum atomic E-state index is -0.895. The van der Waals surface area contributed by atoms with Gasteiger partial charge in [0.25, 0.3) is 0 Å². The number of urea groups is 1. The topological polar surface area (TPSA) is 73.2 Å². The molecule has 2 atom stereocenters. The molecular formula is C14H16FN3O2S. The molecule has 7 heteroatoms. The van der Waals surface area contributed by atoms with E-state index in [1.54, 1.807) is 4.90 Å². The van der Waals surface area contributed by atoms with E-state index in [9.17, 15) is 13.4 Å². The van der Waals surface area contributed by atoms with Gasteiger partial charge in [0.05, 0.1) is 11.3 Å². The number of rotatable bonds is 1. The number of amides is 2. The lowest BCUT2D eigenvalue weighted by Gasteiger charge is -2.27. The molecule has 1 heterocycles. The molecule has 1 N–H and O–H groups in total. The molecule has 0 radical (unpaired) electrons. The molecule has 1 aliphatic heterocycles. The fourth-order valence-corrected chi connectivity index (χ4v) is 3.40. The molecule has 2 amide bonds. The molecule has 1 fully saturated rings. The van der Waals surface area contributed by atoms with Crippen molar-refractivity contribution in [2.45, 2.75) is 19.4 Å². The Kier molecular flexibility index (Phi) is 4.91. The number of halogens is 1. The molecule has 1 aromatic carbocycles. The summed E-state index contributed by atoms with van der Waals surface area (Å²) >= 11 is 0. The van der Waals surface area contributed by atoms with Gasteiger partial charge in [0, 0.05) is 34.9 Å². The van der Waals surface area contributed by atoms with Crippen LogP contribution in [-0.4, -0.2) is 39.2 Å². The third-order valence-electron chi connectivity index (χ3n) is 3.46. The minimum absolute atomic E-state index is 0.0255. The summed E-state index contributed by atoms with van der Waals surface area (Å²) in [6.45, 7) is 2.31. The largest absolute Gasteiger partial charge is 0.322 e. The minimum Gasteiger partial charge on any atom is -0.321 e. The summed E-state index contributed by atoms with van der Waals surface area (Å²) in [6, 6.07) is 5.11. The number of anilines is 1. The summed E-state index contributed by atoms with van der Waals surface area (Å²) < 4.78 is 24.6. The number of nitriles is 1. The van der Waals surface area contributed by atoms with Crippen LogP contribution >= 0.6 is 0 Å². The van der Waals surface area contributed by atoms with Crippen molar-refractivity contribution in [2.75, 3.05) is 23.4 Å². The maximum Gasteiger partial charge on any atom is 0.322 e. The second-order valence-corrected chi connectivity index (χ2v) is 6.61. The number of hydrogen-bond acceptors (Lipinski definition) is 3. The molecule has 0 aliphatic carbocycles. The van der Waals surface area contributed by atoms with Crippen LogP contribution in [0.15, 0.2) is 18.2 Å². The average Bonchev–Trinajstić information content (AvgIpc) is 2.63. The van der Waals surface area contributed by atoms with Gasteiger partial charge in [-0.15, -0.1) is 0 Å². The standard InChI is InChI=1S/C14H16FN3O2S/c1-10-4-6-21(20)7-5-18(10)14(19)17-13-3-2-12(15)8-11(13)9-16/h2-3,8,10H,4-7H2,1H3,(H,17,19)/t10-,21-/m1/s1. The fraction of sp³-hybridized carbons (Fsp3) is 0.429. The second-order valence-electron chi connectivity index (χ2n) is 4.91. The lowest BCUT2D eigenvalue weighted by Crippen LogP contribution is -2.42. The fourth-order valence-electron chi connectivity index (χ4n) is 2.19. The number of carbonyl (C=O) groups excluding carboxylic acids is 1. The van der Waals surface area contributed by atoms with Crippen LogP contribution in [0.25, 0.3) is 0 Å². The maximum atomic E-state index is 13.1. The summed E-state index contributed by atoms with van der Waals surface area (Å²) in [5.74, 6) is 0.514. The zero-order valence-corrected chi connectivity index (χ0v) is 12.5. The molecule has 0 unspecified atom stereocenters. The Balaban J connectivity index is 2.14. The Bertz CT molecular complexity index is 615. The Morgan fingerprint density at radius 2 is 2.29 bits per heavy atom. The van der Waals surface area contributed by atoms with Gasteiger partial charge in [0.1, 0.15) is 11.9 Å². The van der Waals surface area contributed by atoms with Crippen LogP contribution in [0.1, 0.15) is 18.9 Å². The van der Waals surface area contributed by atoms with Crippen LogP contribution in [0, 0.1) is 17.1 Å². The SMILES string of the molecule is C[C@@H]1CC[S@@](=O)CCN1C(=O)Nc1ccc(F)cc1C#N. The van der Waals surface area contributed by atoms with E-state index in [1.807, 2.05) is 13.0 Å². The summed E-state index contributed by atoms with van der Waals surface area (Å²) in [4.78, 5) is 13.9. The van der Waals surface area contributed by atoms with Crippen LogP contribution in [0.3, 0.4) is 0 Å². The van der Waals surface area contributed by atoms with E-state index >= 15 is 0 Å². The van der Waals surface area contributed by atoms with Gasteiger partial charge in [-0.3, -0.25) is 4.21 Å². The van der Waals surface area contributed by atoms with Gasteiger partial charge in [-0.25, -0.2) is 9.18 Å². The van der Waals surface area contributed by atoms with Crippen LogP contribution in [0.2, 0.25) is 0 Å². The number of nitrogens with one attached hydrogen (secondary N) is 1. The van der Waals surface area contributed by atoms with E-state index in [2.05, 4.69) is 5.32 Å². The van der Waals surface area contributed by atoms with Crippen LogP contribution < -0.4 is 5.32 Å². The Hall–Kier alpha value is -1.94. The lowest BCUT2D eigenvalue weighted by atomic mass is 10.2. The van der Waals surface area contributed by atoms with Crippen LogP contribution in [0.5, 0.6) is 0 Å². The maximum absolute atomic E-state index is 13.1. The average molecular weight is 309 g/mol. The van der Waals surface area contributed by atoms with Crippen LogP contribution in [-0.2, 0) is 10.8 Å². The van der Waals surface area contributed by atoms with Gasteiger partial charge >= 0.3 is 6.03 Å². The highest BCUT2D eigenvalue weighted by atomic mass is 32.2. The normalized spacial score (nSPS) is 22.2. The monoisotopic (exact) mass is 309 g/mol. The molecule has 0 aromatic heterocycles. The Morgan fingerprint density at radius 1 is 1.52 bits per heavy atom. The van der Waals surface area contributed by atoms with Crippen molar-refractivity contribution in [2.24, 2.45) is 0 Å². The third-order valence-corrected chi connectivity index (χ3v) is 4.79. The van der Waals surface area contributed by atoms with Crippen molar-refractivity contribution >= 4 is 22.5 Å². The predicted octanol–water partition coefficient (Wildman–Crippen LogP) is 2.07. The first-order chi connectivity index (χ1) is 10.0. The van der Waals surface area contributed by atoms with E-state index < -0.39 is 16.6 Å². The number of carbonyl (C=O) groups is 1. The van der Waals surface area contributed by atoms with Gasteiger partial charge in [-0.2, -0.15) is 5.26 Å². The summed E-state index contributed by atoms with van der Waals surface area (Å²) in [6.07, 6.45) is 0.675.